The lowest BCUT2D eigenvalue weighted by Gasteiger charge is -2.10. The Morgan fingerprint density at radius 1 is 1.38 bits per heavy atom. The highest BCUT2D eigenvalue weighted by Gasteiger charge is 2.31. The van der Waals surface area contributed by atoms with Gasteiger partial charge in [-0.3, -0.25) is 0 Å². The summed E-state index contributed by atoms with van der Waals surface area (Å²) >= 11 is 3.19. The Morgan fingerprint density at radius 3 is 3.10 bits per heavy atom. The van der Waals surface area contributed by atoms with Crippen LogP contribution in [0.5, 0.6) is 0 Å². The molecule has 7 heteroatoms. The van der Waals surface area contributed by atoms with Crippen LogP contribution in [0.4, 0.5) is 5.13 Å². The fraction of sp³-hybridized carbons (Fsp3) is 0.357. The molecule has 1 N–H and O–H groups in total. The number of benzene rings is 1. The molecule has 0 saturated heterocycles. The van der Waals surface area contributed by atoms with Crippen molar-refractivity contribution in [2.45, 2.75) is 30.3 Å². The van der Waals surface area contributed by atoms with E-state index in [1.165, 1.54) is 24.2 Å². The van der Waals surface area contributed by atoms with Crippen LogP contribution in [0.3, 0.4) is 0 Å². The summed E-state index contributed by atoms with van der Waals surface area (Å²) in [5, 5.41) is 12.0. The Balaban J connectivity index is 1.66. The summed E-state index contributed by atoms with van der Waals surface area (Å²) in [7, 11) is 0. The lowest BCUT2D eigenvalue weighted by atomic mass is 10.1. The molecule has 1 aromatic carbocycles. The zero-order valence-corrected chi connectivity index (χ0v) is 13.2. The average molecular weight is 321 g/mol. The third-order valence-electron chi connectivity index (χ3n) is 3.07. The van der Waals surface area contributed by atoms with Gasteiger partial charge in [-0.1, -0.05) is 54.6 Å². The maximum Gasteiger partial charge on any atom is 0.340 e. The Labute approximate surface area is 131 Å². The number of cyclic esters (lactones) is 1. The predicted octanol–water partition coefficient (Wildman–Crippen LogP) is 3.71. The van der Waals surface area contributed by atoms with E-state index in [0.717, 1.165) is 15.7 Å². The first-order valence-electron chi connectivity index (χ1n) is 6.80. The molecule has 1 atom stereocenters. The number of hydrogen-bond acceptors (Lipinski definition) is 7. The van der Waals surface area contributed by atoms with Crippen molar-refractivity contribution in [2.24, 2.45) is 0 Å². The van der Waals surface area contributed by atoms with Crippen LogP contribution in [0.15, 0.2) is 28.6 Å². The summed E-state index contributed by atoms with van der Waals surface area (Å²) in [5.41, 5.74) is 1.45. The van der Waals surface area contributed by atoms with Crippen LogP contribution in [-0.4, -0.2) is 21.9 Å². The smallest absolute Gasteiger partial charge is 0.340 e. The first kappa shape index (κ1) is 14.3. The first-order chi connectivity index (χ1) is 10.3. The maximum absolute atomic E-state index is 11.7. The van der Waals surface area contributed by atoms with Crippen molar-refractivity contribution in [3.05, 3.63) is 35.4 Å². The number of anilines is 1. The van der Waals surface area contributed by atoms with Gasteiger partial charge in [-0.2, -0.15) is 0 Å². The van der Waals surface area contributed by atoms with Crippen LogP contribution in [0, 0.1) is 0 Å². The number of nitrogens with zero attached hydrogens (tertiary/aromatic N) is 2. The molecule has 0 bridgehead atoms. The van der Waals surface area contributed by atoms with Crippen molar-refractivity contribution in [2.75, 3.05) is 11.1 Å². The molecule has 0 aliphatic carbocycles. The second-order valence-electron chi connectivity index (χ2n) is 4.59. The fourth-order valence-electron chi connectivity index (χ4n) is 2.00. The number of esters is 1. The Morgan fingerprint density at radius 2 is 2.24 bits per heavy atom. The monoisotopic (exact) mass is 321 g/mol. The molecule has 21 heavy (non-hydrogen) atoms. The number of fused-ring (bicyclic) bond motifs is 1. The van der Waals surface area contributed by atoms with Gasteiger partial charge in [0.05, 0.1) is 5.56 Å². The summed E-state index contributed by atoms with van der Waals surface area (Å²) in [5.74, 6) is 0.747. The largest absolute Gasteiger partial charge is 0.434 e. The Hall–Kier alpha value is -1.60. The van der Waals surface area contributed by atoms with Crippen molar-refractivity contribution in [3.8, 4) is 0 Å². The van der Waals surface area contributed by atoms with Crippen molar-refractivity contribution in [1.29, 1.82) is 0 Å². The highest BCUT2D eigenvalue weighted by atomic mass is 32.2. The highest BCUT2D eigenvalue weighted by molar-refractivity contribution is 8.01. The number of carbonyl (C=O) groups is 1. The minimum atomic E-state index is -0.477. The molecule has 0 amide bonds. The van der Waals surface area contributed by atoms with E-state index in [9.17, 15) is 4.79 Å². The van der Waals surface area contributed by atoms with Crippen LogP contribution < -0.4 is 5.32 Å². The van der Waals surface area contributed by atoms with E-state index >= 15 is 0 Å². The number of thioether (sulfide) groups is 1. The Kier molecular flexibility index (Phi) is 4.40. The van der Waals surface area contributed by atoms with Gasteiger partial charge in [0.25, 0.3) is 0 Å². The zero-order chi connectivity index (χ0) is 14.7. The van der Waals surface area contributed by atoms with Crippen LogP contribution in [0.2, 0.25) is 0 Å². The van der Waals surface area contributed by atoms with Gasteiger partial charge in [-0.05, 0) is 12.5 Å². The zero-order valence-electron chi connectivity index (χ0n) is 11.5. The molecule has 0 spiro atoms. The van der Waals surface area contributed by atoms with Gasteiger partial charge in [0.1, 0.15) is 0 Å². The molecule has 2 aromatic rings. The van der Waals surface area contributed by atoms with E-state index in [2.05, 4.69) is 22.4 Å². The predicted molar refractivity (Wildman–Crippen MR) is 83.8 cm³/mol. The molecule has 0 fully saturated rings. The minimum Gasteiger partial charge on any atom is -0.434 e. The molecule has 5 nitrogen and oxygen atoms in total. The van der Waals surface area contributed by atoms with Gasteiger partial charge >= 0.3 is 5.97 Å². The molecule has 1 aromatic heterocycles. The van der Waals surface area contributed by atoms with E-state index in [1.807, 2.05) is 18.2 Å². The first-order valence-corrected chi connectivity index (χ1v) is 8.61. The third-order valence-corrected chi connectivity index (χ3v) is 5.15. The quantitative estimate of drug-likeness (QED) is 0.497. The topological polar surface area (TPSA) is 64.1 Å². The van der Waals surface area contributed by atoms with Crippen molar-refractivity contribution in [3.63, 3.8) is 0 Å². The lowest BCUT2D eigenvalue weighted by Crippen LogP contribution is -2.09. The molecule has 2 heterocycles. The summed E-state index contributed by atoms with van der Waals surface area (Å²) in [4.78, 5) is 11.7. The second-order valence-corrected chi connectivity index (χ2v) is 6.91. The van der Waals surface area contributed by atoms with Gasteiger partial charge in [-0.15, -0.1) is 10.2 Å². The van der Waals surface area contributed by atoms with Crippen molar-refractivity contribution < 1.29 is 9.53 Å². The SMILES string of the molecule is CCCCSc1nnc(NC2OC(=O)c3ccccc32)s1. The molecule has 3 rings (SSSR count). The van der Waals surface area contributed by atoms with Gasteiger partial charge < -0.3 is 10.1 Å². The highest BCUT2D eigenvalue weighted by Crippen LogP contribution is 2.33. The summed E-state index contributed by atoms with van der Waals surface area (Å²) in [6, 6.07) is 7.37. The standard InChI is InChI=1S/C14H15N3O2S2/c1-2-3-8-20-14-17-16-13(21-14)15-11-9-6-4-5-7-10(9)12(18)19-11/h4-7,11H,2-3,8H2,1H3,(H,15,16). The summed E-state index contributed by atoms with van der Waals surface area (Å²) in [6.45, 7) is 2.17. The number of unbranched alkanes of at least 4 members (excludes halogenated alkanes) is 1. The second kappa shape index (κ2) is 6.44. The molecule has 110 valence electrons. The minimum absolute atomic E-state index is 0.301. The van der Waals surface area contributed by atoms with E-state index in [4.69, 9.17) is 4.74 Å². The van der Waals surface area contributed by atoms with Crippen LogP contribution in [0.1, 0.15) is 41.9 Å². The average Bonchev–Trinajstić information content (AvgIpc) is 3.06. The molecule has 1 aliphatic rings. The molecular formula is C14H15N3O2S2. The summed E-state index contributed by atoms with van der Waals surface area (Å²) in [6.07, 6.45) is 1.86. The van der Waals surface area contributed by atoms with E-state index in [1.54, 1.807) is 17.8 Å². The number of aromatic nitrogens is 2. The van der Waals surface area contributed by atoms with Gasteiger partial charge in [0, 0.05) is 11.3 Å². The van der Waals surface area contributed by atoms with E-state index < -0.39 is 6.23 Å². The van der Waals surface area contributed by atoms with Gasteiger partial charge in [0.2, 0.25) is 11.4 Å². The van der Waals surface area contributed by atoms with E-state index in [0.29, 0.717) is 10.7 Å². The van der Waals surface area contributed by atoms with Crippen molar-refractivity contribution >= 4 is 34.2 Å². The van der Waals surface area contributed by atoms with Crippen LogP contribution in [0.25, 0.3) is 0 Å². The number of rotatable bonds is 6. The summed E-state index contributed by atoms with van der Waals surface area (Å²) < 4.78 is 6.26. The van der Waals surface area contributed by atoms with Gasteiger partial charge in [0.15, 0.2) is 4.34 Å². The lowest BCUT2D eigenvalue weighted by molar-refractivity contribution is 0.0437. The maximum atomic E-state index is 11.7. The third kappa shape index (κ3) is 3.19. The van der Waals surface area contributed by atoms with Crippen LogP contribution >= 0.6 is 23.1 Å². The fourth-order valence-corrected chi connectivity index (χ4v) is 3.92. The van der Waals surface area contributed by atoms with Crippen LogP contribution in [-0.2, 0) is 4.74 Å². The molecule has 1 aliphatic heterocycles. The molecular weight excluding hydrogens is 306 g/mol. The number of ether oxygens (including phenoxy) is 1. The Bertz CT molecular complexity index is 645. The molecule has 1 unspecified atom stereocenters. The van der Waals surface area contributed by atoms with Gasteiger partial charge in [-0.25, -0.2) is 4.79 Å². The van der Waals surface area contributed by atoms with Crippen molar-refractivity contribution in [1.82, 2.24) is 10.2 Å². The number of hydrogen-bond donors (Lipinski definition) is 1. The van der Waals surface area contributed by atoms with E-state index in [-0.39, 0.29) is 5.97 Å². The number of carbonyl (C=O) groups excluding carboxylic acids is 1. The molecule has 0 radical (unpaired) electrons. The normalized spacial score (nSPS) is 16.6. The molecule has 0 saturated carbocycles. The number of nitrogens with one attached hydrogen (secondary N) is 1.